The van der Waals surface area contributed by atoms with E-state index in [1.165, 1.54) is 11.1 Å². The van der Waals surface area contributed by atoms with Crippen molar-refractivity contribution in [3.63, 3.8) is 0 Å². The number of rotatable bonds is 10. The SMILES string of the molecule is CCO[Si](CCc1ccc(C)c(OC)c1C)(OCC)OCC. The molecular weight excluding hydrogens is 296 g/mol. The van der Waals surface area contributed by atoms with Crippen LogP contribution in [0.3, 0.4) is 0 Å². The number of ether oxygens (including phenoxy) is 1. The predicted molar refractivity (Wildman–Crippen MR) is 91.6 cm³/mol. The molecule has 0 fully saturated rings. The van der Waals surface area contributed by atoms with Gasteiger partial charge in [-0.25, -0.2) is 0 Å². The minimum Gasteiger partial charge on any atom is -0.496 e. The van der Waals surface area contributed by atoms with Crippen LogP contribution in [-0.2, 0) is 19.7 Å². The Balaban J connectivity index is 2.92. The highest BCUT2D eigenvalue weighted by atomic mass is 28.4. The molecule has 0 heterocycles. The van der Waals surface area contributed by atoms with E-state index >= 15 is 0 Å². The fourth-order valence-electron chi connectivity index (χ4n) is 2.74. The molecule has 0 N–H and O–H groups in total. The third kappa shape index (κ3) is 4.81. The molecule has 0 bridgehead atoms. The van der Waals surface area contributed by atoms with Gasteiger partial charge in [0, 0.05) is 25.9 Å². The molecule has 1 aromatic carbocycles. The van der Waals surface area contributed by atoms with Crippen molar-refractivity contribution in [2.24, 2.45) is 0 Å². The highest BCUT2D eigenvalue weighted by Crippen LogP contribution is 2.28. The first-order valence-corrected chi connectivity index (χ1v) is 10.0. The lowest BCUT2D eigenvalue weighted by Gasteiger charge is -2.28. The quantitative estimate of drug-likeness (QED) is 0.611. The van der Waals surface area contributed by atoms with Gasteiger partial charge < -0.3 is 18.0 Å². The summed E-state index contributed by atoms with van der Waals surface area (Å²) in [5.74, 6) is 0.967. The molecule has 0 spiro atoms. The summed E-state index contributed by atoms with van der Waals surface area (Å²) < 4.78 is 23.3. The van der Waals surface area contributed by atoms with Crippen LogP contribution in [0, 0.1) is 13.8 Å². The molecule has 0 atom stereocenters. The maximum absolute atomic E-state index is 5.92. The Morgan fingerprint density at radius 1 is 0.909 bits per heavy atom. The summed E-state index contributed by atoms with van der Waals surface area (Å²) in [4.78, 5) is 0. The van der Waals surface area contributed by atoms with Crippen molar-refractivity contribution in [1.29, 1.82) is 0 Å². The number of hydrogen-bond acceptors (Lipinski definition) is 4. The van der Waals surface area contributed by atoms with E-state index in [1.807, 2.05) is 20.8 Å². The van der Waals surface area contributed by atoms with Crippen molar-refractivity contribution < 1.29 is 18.0 Å². The molecule has 0 saturated carbocycles. The van der Waals surface area contributed by atoms with E-state index in [0.717, 1.165) is 23.8 Å². The molecule has 22 heavy (non-hydrogen) atoms. The molecule has 0 aliphatic carbocycles. The van der Waals surface area contributed by atoms with Crippen LogP contribution in [0.15, 0.2) is 12.1 Å². The average molecular weight is 327 g/mol. The molecule has 1 aromatic rings. The van der Waals surface area contributed by atoms with Crippen LogP contribution < -0.4 is 4.74 Å². The van der Waals surface area contributed by atoms with Crippen LogP contribution in [-0.4, -0.2) is 35.7 Å². The van der Waals surface area contributed by atoms with Crippen molar-refractivity contribution in [3.05, 3.63) is 28.8 Å². The van der Waals surface area contributed by atoms with Gasteiger partial charge >= 0.3 is 8.80 Å². The molecule has 0 unspecified atom stereocenters. The van der Waals surface area contributed by atoms with Gasteiger partial charge in [-0.1, -0.05) is 12.1 Å². The molecule has 0 radical (unpaired) electrons. The number of benzene rings is 1. The van der Waals surface area contributed by atoms with E-state index in [-0.39, 0.29) is 0 Å². The molecule has 0 aliphatic rings. The molecule has 0 aliphatic heterocycles. The molecule has 0 saturated heterocycles. The van der Waals surface area contributed by atoms with E-state index in [2.05, 4.69) is 26.0 Å². The molecular formula is C17H30O4Si. The zero-order valence-corrected chi connectivity index (χ0v) is 15.8. The lowest BCUT2D eigenvalue weighted by molar-refractivity contribution is 0.0714. The average Bonchev–Trinajstić information content (AvgIpc) is 2.48. The van der Waals surface area contributed by atoms with Gasteiger partial charge in [-0.05, 0) is 57.7 Å². The maximum Gasteiger partial charge on any atom is 0.501 e. The largest absolute Gasteiger partial charge is 0.501 e. The van der Waals surface area contributed by atoms with Crippen LogP contribution in [0.5, 0.6) is 5.75 Å². The van der Waals surface area contributed by atoms with Gasteiger partial charge in [-0.15, -0.1) is 0 Å². The normalized spacial score (nSPS) is 11.7. The zero-order valence-electron chi connectivity index (χ0n) is 14.8. The molecule has 0 amide bonds. The van der Waals surface area contributed by atoms with Crippen molar-refractivity contribution in [2.75, 3.05) is 26.9 Å². The molecule has 0 aromatic heterocycles. The summed E-state index contributed by atoms with van der Waals surface area (Å²) in [6.07, 6.45) is 0.870. The molecule has 5 heteroatoms. The lowest BCUT2D eigenvalue weighted by Crippen LogP contribution is -2.46. The summed E-state index contributed by atoms with van der Waals surface area (Å²) in [5, 5.41) is 0. The van der Waals surface area contributed by atoms with E-state index in [1.54, 1.807) is 7.11 Å². The summed E-state index contributed by atoms with van der Waals surface area (Å²) >= 11 is 0. The van der Waals surface area contributed by atoms with Gasteiger partial charge in [0.1, 0.15) is 5.75 Å². The highest BCUT2D eigenvalue weighted by Gasteiger charge is 2.40. The number of methoxy groups -OCH3 is 1. The third-order valence-electron chi connectivity index (χ3n) is 3.71. The first kappa shape index (κ1) is 19.2. The standard InChI is InChI=1S/C17H30O4Si/c1-7-19-22(20-8-2,21-9-3)13-12-16-11-10-14(4)17(18-6)15(16)5/h10-11H,7-9,12-13H2,1-6H3. The van der Waals surface area contributed by atoms with Crippen LogP contribution in [0.4, 0.5) is 0 Å². The van der Waals surface area contributed by atoms with E-state index in [9.17, 15) is 0 Å². The molecule has 1 rings (SSSR count). The number of hydrogen-bond donors (Lipinski definition) is 0. The van der Waals surface area contributed by atoms with Gasteiger partial charge in [-0.3, -0.25) is 0 Å². The lowest BCUT2D eigenvalue weighted by atomic mass is 10.0. The first-order valence-electron chi connectivity index (χ1n) is 8.08. The van der Waals surface area contributed by atoms with E-state index < -0.39 is 8.80 Å². The minimum atomic E-state index is -2.58. The Kier molecular flexibility index (Phi) is 8.10. The summed E-state index contributed by atoms with van der Waals surface area (Å²) in [6, 6.07) is 5.05. The Labute approximate surface area is 136 Å². The van der Waals surface area contributed by atoms with Crippen molar-refractivity contribution in [1.82, 2.24) is 0 Å². The third-order valence-corrected chi connectivity index (χ3v) is 6.76. The van der Waals surface area contributed by atoms with Crippen molar-refractivity contribution >= 4 is 8.80 Å². The highest BCUT2D eigenvalue weighted by molar-refractivity contribution is 6.60. The summed E-state index contributed by atoms with van der Waals surface area (Å²) in [6.45, 7) is 12.0. The zero-order chi connectivity index (χ0) is 16.6. The fourth-order valence-corrected chi connectivity index (χ4v) is 5.32. The van der Waals surface area contributed by atoms with Gasteiger partial charge in [0.2, 0.25) is 0 Å². The second-order valence-corrected chi connectivity index (χ2v) is 7.91. The smallest absolute Gasteiger partial charge is 0.496 e. The fraction of sp³-hybridized carbons (Fsp3) is 0.647. The van der Waals surface area contributed by atoms with Gasteiger partial charge in [0.15, 0.2) is 0 Å². The van der Waals surface area contributed by atoms with Crippen LogP contribution >= 0.6 is 0 Å². The van der Waals surface area contributed by atoms with Crippen LogP contribution in [0.2, 0.25) is 6.04 Å². The van der Waals surface area contributed by atoms with Gasteiger partial charge in [0.25, 0.3) is 0 Å². The monoisotopic (exact) mass is 326 g/mol. The van der Waals surface area contributed by atoms with Crippen LogP contribution in [0.1, 0.15) is 37.5 Å². The van der Waals surface area contributed by atoms with Gasteiger partial charge in [0.05, 0.1) is 7.11 Å². The Morgan fingerprint density at radius 3 is 1.91 bits per heavy atom. The molecule has 126 valence electrons. The van der Waals surface area contributed by atoms with Crippen LogP contribution in [0.25, 0.3) is 0 Å². The second kappa shape index (κ2) is 9.30. The summed E-state index contributed by atoms with van der Waals surface area (Å²) in [5.41, 5.74) is 3.61. The minimum absolute atomic E-state index is 0.614. The van der Waals surface area contributed by atoms with E-state index in [4.69, 9.17) is 18.0 Å². The Hall–Kier alpha value is -0.883. The van der Waals surface area contributed by atoms with Gasteiger partial charge in [-0.2, -0.15) is 0 Å². The predicted octanol–water partition coefficient (Wildman–Crippen LogP) is 3.90. The first-order chi connectivity index (χ1) is 10.5. The molecule has 4 nitrogen and oxygen atoms in total. The Bertz CT molecular complexity index is 445. The van der Waals surface area contributed by atoms with E-state index in [0.29, 0.717) is 19.8 Å². The van der Waals surface area contributed by atoms with Crippen molar-refractivity contribution in [3.8, 4) is 5.75 Å². The Morgan fingerprint density at radius 2 is 1.45 bits per heavy atom. The maximum atomic E-state index is 5.92. The topological polar surface area (TPSA) is 36.9 Å². The number of aryl methyl sites for hydroxylation is 2. The second-order valence-electron chi connectivity index (χ2n) is 5.18. The summed E-state index contributed by atoms with van der Waals surface area (Å²) in [7, 11) is -0.862. The van der Waals surface area contributed by atoms with Crippen molar-refractivity contribution in [2.45, 2.75) is 47.1 Å².